The number of pyridine rings is 1. The van der Waals surface area contributed by atoms with Crippen LogP contribution in [0, 0.1) is 3.57 Å². The van der Waals surface area contributed by atoms with Gasteiger partial charge in [-0.1, -0.05) is 6.07 Å². The Morgan fingerprint density at radius 2 is 2.15 bits per heavy atom. The van der Waals surface area contributed by atoms with Crippen LogP contribution in [0.3, 0.4) is 0 Å². The predicted molar refractivity (Wildman–Crippen MR) is 61.0 cm³/mol. The number of aromatic nitrogens is 1. The molecule has 3 heteroatoms. The van der Waals surface area contributed by atoms with E-state index in [9.17, 15) is 0 Å². The molecule has 0 saturated carbocycles. The van der Waals surface area contributed by atoms with Crippen molar-refractivity contribution in [2.24, 2.45) is 0 Å². The van der Waals surface area contributed by atoms with E-state index >= 15 is 0 Å². The summed E-state index contributed by atoms with van der Waals surface area (Å²) in [6.07, 6.45) is 1.73. The van der Waals surface area contributed by atoms with E-state index in [0.717, 1.165) is 16.7 Å². The molecule has 1 aromatic carbocycles. The summed E-state index contributed by atoms with van der Waals surface area (Å²) in [7, 11) is 1.65. The van der Waals surface area contributed by atoms with Gasteiger partial charge in [-0.05, 0) is 40.8 Å². The van der Waals surface area contributed by atoms with Crippen molar-refractivity contribution in [3.05, 3.63) is 34.0 Å². The summed E-state index contributed by atoms with van der Waals surface area (Å²) in [5, 5.41) is 1.11. The van der Waals surface area contributed by atoms with Gasteiger partial charge < -0.3 is 4.74 Å². The molecule has 0 atom stereocenters. The largest absolute Gasteiger partial charge is 0.495 e. The van der Waals surface area contributed by atoms with Gasteiger partial charge in [0.15, 0.2) is 0 Å². The molecule has 0 amide bonds. The Labute approximate surface area is 90.1 Å². The van der Waals surface area contributed by atoms with Gasteiger partial charge in [-0.25, -0.2) is 0 Å². The highest BCUT2D eigenvalue weighted by molar-refractivity contribution is 14.1. The molecule has 0 spiro atoms. The van der Waals surface area contributed by atoms with E-state index in [0.29, 0.717) is 0 Å². The van der Waals surface area contributed by atoms with Crippen LogP contribution < -0.4 is 4.74 Å². The van der Waals surface area contributed by atoms with Gasteiger partial charge in [0.05, 0.1) is 18.8 Å². The van der Waals surface area contributed by atoms with Gasteiger partial charge in [-0.2, -0.15) is 0 Å². The average molecular weight is 285 g/mol. The summed E-state index contributed by atoms with van der Waals surface area (Å²) in [5.74, 6) is 0.800. The molecule has 2 nitrogen and oxygen atoms in total. The molecule has 0 aliphatic rings. The Morgan fingerprint density at radius 3 is 2.92 bits per heavy atom. The first-order valence-electron chi connectivity index (χ1n) is 3.89. The quantitative estimate of drug-likeness (QED) is 0.752. The maximum absolute atomic E-state index is 5.09. The molecule has 66 valence electrons. The van der Waals surface area contributed by atoms with E-state index in [4.69, 9.17) is 4.74 Å². The fourth-order valence-electron chi connectivity index (χ4n) is 1.19. The number of halogens is 1. The van der Waals surface area contributed by atoms with Crippen LogP contribution in [0.5, 0.6) is 5.75 Å². The third kappa shape index (κ3) is 1.75. The number of rotatable bonds is 1. The van der Waals surface area contributed by atoms with Gasteiger partial charge in [0, 0.05) is 8.96 Å². The highest BCUT2D eigenvalue weighted by Gasteiger charge is 1.97. The lowest BCUT2D eigenvalue weighted by Crippen LogP contribution is -1.85. The van der Waals surface area contributed by atoms with Crippen molar-refractivity contribution >= 4 is 33.5 Å². The van der Waals surface area contributed by atoms with Crippen LogP contribution >= 0.6 is 22.6 Å². The van der Waals surface area contributed by atoms with Crippen molar-refractivity contribution in [3.8, 4) is 5.75 Å². The zero-order valence-corrected chi connectivity index (χ0v) is 9.28. The zero-order valence-electron chi connectivity index (χ0n) is 7.12. The standard InChI is InChI=1S/C10H8INO/c1-13-9-4-7-2-3-8(11)5-10(7)12-6-9/h2-6H,1H3. The number of hydrogen-bond donors (Lipinski definition) is 0. The molecule has 13 heavy (non-hydrogen) atoms. The number of methoxy groups -OCH3 is 1. The van der Waals surface area contributed by atoms with Crippen molar-refractivity contribution in [1.29, 1.82) is 0 Å². The molecule has 0 unspecified atom stereocenters. The first-order valence-corrected chi connectivity index (χ1v) is 4.97. The van der Waals surface area contributed by atoms with Crippen molar-refractivity contribution in [1.82, 2.24) is 4.98 Å². The Bertz CT molecular complexity index is 442. The highest BCUT2D eigenvalue weighted by Crippen LogP contribution is 2.19. The fraction of sp³-hybridized carbons (Fsp3) is 0.100. The molecule has 0 bridgehead atoms. The molecule has 1 heterocycles. The maximum atomic E-state index is 5.09. The summed E-state index contributed by atoms with van der Waals surface area (Å²) in [4.78, 5) is 4.28. The molecule has 0 N–H and O–H groups in total. The lowest BCUT2D eigenvalue weighted by molar-refractivity contribution is 0.414. The molecule has 2 rings (SSSR count). The van der Waals surface area contributed by atoms with E-state index in [1.807, 2.05) is 12.1 Å². The SMILES string of the molecule is COc1cnc2cc(I)ccc2c1. The number of fused-ring (bicyclic) bond motifs is 1. The van der Waals surface area contributed by atoms with Crippen molar-refractivity contribution in [2.45, 2.75) is 0 Å². The van der Waals surface area contributed by atoms with Crippen molar-refractivity contribution < 1.29 is 4.74 Å². The monoisotopic (exact) mass is 285 g/mol. The summed E-state index contributed by atoms with van der Waals surface area (Å²) in [5.41, 5.74) is 1.01. The summed E-state index contributed by atoms with van der Waals surface area (Å²) < 4.78 is 6.29. The number of hydrogen-bond acceptors (Lipinski definition) is 2. The van der Waals surface area contributed by atoms with E-state index in [-0.39, 0.29) is 0 Å². The zero-order chi connectivity index (χ0) is 9.26. The average Bonchev–Trinajstić information content (AvgIpc) is 2.17. The normalized spacial score (nSPS) is 10.3. The molecule has 1 aromatic heterocycles. The molecule has 2 aromatic rings. The summed E-state index contributed by atoms with van der Waals surface area (Å²) in [6.45, 7) is 0. The second-order valence-corrected chi connectivity index (χ2v) is 3.96. The minimum absolute atomic E-state index is 0.800. The van der Waals surface area contributed by atoms with Gasteiger partial charge in [0.25, 0.3) is 0 Å². The van der Waals surface area contributed by atoms with Gasteiger partial charge >= 0.3 is 0 Å². The number of ether oxygens (including phenoxy) is 1. The Morgan fingerprint density at radius 1 is 1.31 bits per heavy atom. The lowest BCUT2D eigenvalue weighted by Gasteiger charge is -2.01. The second kappa shape index (κ2) is 3.49. The van der Waals surface area contributed by atoms with Crippen LogP contribution in [-0.2, 0) is 0 Å². The van der Waals surface area contributed by atoms with Gasteiger partial charge in [0.1, 0.15) is 5.75 Å². The Hall–Kier alpha value is -0.840. The fourth-order valence-corrected chi connectivity index (χ4v) is 1.66. The highest BCUT2D eigenvalue weighted by atomic mass is 127. The Balaban J connectivity index is 2.66. The summed E-state index contributed by atoms with van der Waals surface area (Å²) in [6, 6.07) is 8.14. The molecule has 0 aliphatic heterocycles. The van der Waals surface area contributed by atoms with E-state index in [1.165, 1.54) is 3.57 Å². The van der Waals surface area contributed by atoms with Gasteiger partial charge in [0.2, 0.25) is 0 Å². The van der Waals surface area contributed by atoms with Gasteiger partial charge in [-0.3, -0.25) is 4.98 Å². The topological polar surface area (TPSA) is 22.1 Å². The molecular weight excluding hydrogens is 277 g/mol. The van der Waals surface area contributed by atoms with Crippen molar-refractivity contribution in [2.75, 3.05) is 7.11 Å². The molecule has 0 radical (unpaired) electrons. The Kier molecular flexibility index (Phi) is 2.35. The third-order valence-electron chi connectivity index (χ3n) is 1.86. The minimum Gasteiger partial charge on any atom is -0.495 e. The maximum Gasteiger partial charge on any atom is 0.137 e. The second-order valence-electron chi connectivity index (χ2n) is 2.71. The van der Waals surface area contributed by atoms with Crippen LogP contribution in [0.1, 0.15) is 0 Å². The minimum atomic E-state index is 0.800. The molecule has 0 fully saturated rings. The van der Waals surface area contributed by atoms with E-state index < -0.39 is 0 Å². The van der Waals surface area contributed by atoms with Crippen LogP contribution in [0.25, 0.3) is 10.9 Å². The van der Waals surface area contributed by atoms with Crippen LogP contribution in [-0.4, -0.2) is 12.1 Å². The number of benzene rings is 1. The molecule has 0 saturated heterocycles. The van der Waals surface area contributed by atoms with Gasteiger partial charge in [-0.15, -0.1) is 0 Å². The number of nitrogens with zero attached hydrogens (tertiary/aromatic N) is 1. The predicted octanol–water partition coefficient (Wildman–Crippen LogP) is 2.85. The summed E-state index contributed by atoms with van der Waals surface area (Å²) >= 11 is 2.27. The first kappa shape index (κ1) is 8.74. The molecular formula is C10H8INO. The first-order chi connectivity index (χ1) is 6.29. The third-order valence-corrected chi connectivity index (χ3v) is 2.53. The van der Waals surface area contributed by atoms with Crippen LogP contribution in [0.15, 0.2) is 30.5 Å². The van der Waals surface area contributed by atoms with E-state index in [1.54, 1.807) is 13.3 Å². The van der Waals surface area contributed by atoms with Crippen LogP contribution in [0.2, 0.25) is 0 Å². The van der Waals surface area contributed by atoms with E-state index in [2.05, 4.69) is 39.7 Å². The smallest absolute Gasteiger partial charge is 0.137 e. The lowest BCUT2D eigenvalue weighted by atomic mass is 10.2. The molecule has 0 aliphatic carbocycles. The van der Waals surface area contributed by atoms with Crippen LogP contribution in [0.4, 0.5) is 0 Å². The van der Waals surface area contributed by atoms with Crippen molar-refractivity contribution in [3.63, 3.8) is 0 Å².